The summed E-state index contributed by atoms with van der Waals surface area (Å²) in [6, 6.07) is 16.5. The van der Waals surface area contributed by atoms with E-state index < -0.39 is 10.0 Å². The molecule has 0 unspecified atom stereocenters. The van der Waals surface area contributed by atoms with E-state index in [1.165, 1.54) is 0 Å². The van der Waals surface area contributed by atoms with Gasteiger partial charge in [0.1, 0.15) is 11.0 Å². The van der Waals surface area contributed by atoms with Gasteiger partial charge in [-0.2, -0.15) is 0 Å². The molecular weight excluding hydrogens is 286 g/mol. The molecule has 0 spiro atoms. The first-order valence-electron chi connectivity index (χ1n) is 6.42. The monoisotopic (exact) mass is 299 g/mol. The van der Waals surface area contributed by atoms with E-state index in [0.29, 0.717) is 11.0 Å². The molecule has 0 saturated heterocycles. The number of benzene rings is 2. The Morgan fingerprint density at radius 3 is 2.52 bits per heavy atom. The van der Waals surface area contributed by atoms with Crippen molar-refractivity contribution in [3.8, 4) is 0 Å². The normalized spacial score (nSPS) is 12.2. The molecule has 1 heterocycles. The number of hydrogen-bond acceptors (Lipinski definition) is 4. The lowest BCUT2D eigenvalue weighted by molar-refractivity contribution is 0.582. The van der Waals surface area contributed by atoms with Gasteiger partial charge in [-0.3, -0.25) is 0 Å². The van der Waals surface area contributed by atoms with E-state index >= 15 is 0 Å². The predicted molar refractivity (Wildman–Crippen MR) is 82.2 cm³/mol. The molecule has 6 heteroatoms. The molecule has 0 N–H and O–H groups in total. The fourth-order valence-electron chi connectivity index (χ4n) is 1.99. The van der Waals surface area contributed by atoms with Crippen LogP contribution in [0.25, 0.3) is 17.1 Å². The number of hydrogen-bond donors (Lipinski definition) is 0. The molecule has 1 aromatic heterocycles. The van der Waals surface area contributed by atoms with Crippen LogP contribution in [0, 0.1) is 0 Å². The maximum Gasteiger partial charge on any atom is 0.259 e. The summed E-state index contributed by atoms with van der Waals surface area (Å²) in [6.07, 6.45) is 3.39. The van der Waals surface area contributed by atoms with E-state index in [0.717, 1.165) is 9.65 Å². The summed E-state index contributed by atoms with van der Waals surface area (Å²) in [5, 5.41) is 7.60. The Morgan fingerprint density at radius 2 is 1.71 bits per heavy atom. The van der Waals surface area contributed by atoms with E-state index in [2.05, 4.69) is 10.3 Å². The minimum absolute atomic E-state index is 0.130. The molecule has 0 saturated carbocycles. The molecular formula is C15H13N3O2S. The molecule has 0 atom stereocenters. The topological polar surface area (TPSA) is 64.8 Å². The van der Waals surface area contributed by atoms with Gasteiger partial charge in [-0.05, 0) is 17.7 Å². The van der Waals surface area contributed by atoms with Crippen LogP contribution in [0.15, 0.2) is 60.7 Å². The Morgan fingerprint density at radius 1 is 1.00 bits per heavy atom. The summed E-state index contributed by atoms with van der Waals surface area (Å²) < 4.78 is 25.6. The van der Waals surface area contributed by atoms with E-state index in [-0.39, 0.29) is 5.75 Å². The minimum Gasteiger partial charge on any atom is -0.204 e. The smallest absolute Gasteiger partial charge is 0.204 e. The Labute approximate surface area is 122 Å². The van der Waals surface area contributed by atoms with Gasteiger partial charge in [-0.15, -0.1) is 9.19 Å². The lowest BCUT2D eigenvalue weighted by Gasteiger charge is -2.01. The molecule has 5 nitrogen and oxygen atoms in total. The third-order valence-corrected chi connectivity index (χ3v) is 4.41. The van der Waals surface area contributed by atoms with E-state index in [9.17, 15) is 8.42 Å². The van der Waals surface area contributed by atoms with Crippen molar-refractivity contribution in [1.82, 2.24) is 14.4 Å². The average Bonchev–Trinajstić information content (AvgIpc) is 2.93. The predicted octanol–water partition coefficient (Wildman–Crippen LogP) is 2.32. The summed E-state index contributed by atoms with van der Waals surface area (Å²) in [5.74, 6) is -0.130. The number of rotatable bonds is 4. The molecule has 0 radical (unpaired) electrons. The van der Waals surface area contributed by atoms with Gasteiger partial charge < -0.3 is 0 Å². The van der Waals surface area contributed by atoms with Gasteiger partial charge in [0.25, 0.3) is 10.0 Å². The van der Waals surface area contributed by atoms with Gasteiger partial charge in [0, 0.05) is 0 Å². The Bertz CT molecular complexity index is 883. The third kappa shape index (κ3) is 2.85. The lowest BCUT2D eigenvalue weighted by atomic mass is 10.2. The van der Waals surface area contributed by atoms with Crippen molar-refractivity contribution in [3.63, 3.8) is 0 Å². The van der Waals surface area contributed by atoms with Gasteiger partial charge in [0.2, 0.25) is 0 Å². The van der Waals surface area contributed by atoms with Crippen LogP contribution >= 0.6 is 0 Å². The molecule has 0 bridgehead atoms. The molecule has 3 aromatic rings. The van der Waals surface area contributed by atoms with Gasteiger partial charge in [0.05, 0.1) is 5.75 Å². The summed E-state index contributed by atoms with van der Waals surface area (Å²) in [4.78, 5) is 0. The highest BCUT2D eigenvalue weighted by molar-refractivity contribution is 7.90. The van der Waals surface area contributed by atoms with Gasteiger partial charge >= 0.3 is 0 Å². The first-order valence-corrected chi connectivity index (χ1v) is 8.03. The van der Waals surface area contributed by atoms with Crippen molar-refractivity contribution in [3.05, 3.63) is 66.2 Å². The summed E-state index contributed by atoms with van der Waals surface area (Å²) in [6.45, 7) is 0. The SMILES string of the molecule is O=S(=O)(C/C=C/c1ccccc1)n1nnc2ccccc21. The van der Waals surface area contributed by atoms with Crippen LogP contribution < -0.4 is 0 Å². The Kier molecular flexibility index (Phi) is 3.53. The van der Waals surface area contributed by atoms with Crippen molar-refractivity contribution in [2.24, 2.45) is 0 Å². The quantitative estimate of drug-likeness (QED) is 0.741. The standard InChI is InChI=1S/C15H13N3O2S/c19-21(20,12-6-9-13-7-2-1-3-8-13)18-15-11-5-4-10-14(15)16-17-18/h1-11H,12H2/b9-6+. The van der Waals surface area contributed by atoms with Gasteiger partial charge in [-0.1, -0.05) is 59.8 Å². The second-order valence-corrected chi connectivity index (χ2v) is 6.36. The number of para-hydroxylation sites is 1. The largest absolute Gasteiger partial charge is 0.259 e. The van der Waals surface area contributed by atoms with Crippen LogP contribution in [-0.2, 0) is 10.0 Å². The fourth-order valence-corrected chi connectivity index (χ4v) is 3.08. The second-order valence-electron chi connectivity index (χ2n) is 4.51. The maximum atomic E-state index is 12.3. The molecule has 0 fully saturated rings. The van der Waals surface area contributed by atoms with E-state index in [1.807, 2.05) is 30.3 Å². The van der Waals surface area contributed by atoms with Crippen LogP contribution in [0.4, 0.5) is 0 Å². The molecule has 0 aliphatic heterocycles. The van der Waals surface area contributed by atoms with Crippen LogP contribution in [0.1, 0.15) is 5.56 Å². The second kappa shape index (κ2) is 5.49. The minimum atomic E-state index is -3.56. The van der Waals surface area contributed by atoms with Crippen LogP contribution in [-0.4, -0.2) is 28.6 Å². The van der Waals surface area contributed by atoms with Crippen molar-refractivity contribution in [2.45, 2.75) is 0 Å². The average molecular weight is 299 g/mol. The number of aromatic nitrogens is 3. The molecule has 3 rings (SSSR count). The highest BCUT2D eigenvalue weighted by atomic mass is 32.2. The maximum absolute atomic E-state index is 12.3. The summed E-state index contributed by atoms with van der Waals surface area (Å²) in [5.41, 5.74) is 2.01. The van der Waals surface area contributed by atoms with Gasteiger partial charge in [0.15, 0.2) is 0 Å². The number of nitrogens with zero attached hydrogens (tertiary/aromatic N) is 3. The molecule has 21 heavy (non-hydrogen) atoms. The van der Waals surface area contributed by atoms with Crippen molar-refractivity contribution >= 4 is 27.1 Å². The molecule has 2 aromatic carbocycles. The van der Waals surface area contributed by atoms with Gasteiger partial charge in [-0.25, -0.2) is 8.42 Å². The summed E-state index contributed by atoms with van der Waals surface area (Å²) >= 11 is 0. The Hall–Kier alpha value is -2.47. The first-order chi connectivity index (χ1) is 10.2. The lowest BCUT2D eigenvalue weighted by Crippen LogP contribution is -2.16. The van der Waals surface area contributed by atoms with Crippen LogP contribution in [0.3, 0.4) is 0 Å². The van der Waals surface area contributed by atoms with Crippen LogP contribution in [0.2, 0.25) is 0 Å². The molecule has 0 aliphatic rings. The fraction of sp³-hybridized carbons (Fsp3) is 0.0667. The van der Waals surface area contributed by atoms with Crippen molar-refractivity contribution < 1.29 is 8.42 Å². The van der Waals surface area contributed by atoms with Crippen molar-refractivity contribution in [1.29, 1.82) is 0 Å². The van der Waals surface area contributed by atoms with E-state index in [1.54, 1.807) is 36.4 Å². The zero-order valence-electron chi connectivity index (χ0n) is 11.1. The summed E-state index contributed by atoms with van der Waals surface area (Å²) in [7, 11) is -3.56. The highest BCUT2D eigenvalue weighted by Crippen LogP contribution is 2.12. The first kappa shape index (κ1) is 13.5. The Balaban J connectivity index is 1.86. The molecule has 106 valence electrons. The molecule has 0 aliphatic carbocycles. The number of fused-ring (bicyclic) bond motifs is 1. The zero-order chi connectivity index (χ0) is 14.7. The third-order valence-electron chi connectivity index (χ3n) is 3.00. The van der Waals surface area contributed by atoms with E-state index in [4.69, 9.17) is 0 Å². The van der Waals surface area contributed by atoms with Crippen molar-refractivity contribution in [2.75, 3.05) is 5.75 Å². The zero-order valence-corrected chi connectivity index (χ0v) is 11.9. The van der Waals surface area contributed by atoms with Crippen LogP contribution in [0.5, 0.6) is 0 Å². The highest BCUT2D eigenvalue weighted by Gasteiger charge is 2.16. The molecule has 0 amide bonds.